The quantitative estimate of drug-likeness (QED) is 0.742. The zero-order chi connectivity index (χ0) is 20.1. The van der Waals surface area contributed by atoms with Crippen molar-refractivity contribution in [2.45, 2.75) is 58.8 Å². The Morgan fingerprint density at radius 2 is 2.00 bits per heavy atom. The smallest absolute Gasteiger partial charge is 0.252 e. The largest absolute Gasteiger partial charge is 0.372 e. The maximum Gasteiger partial charge on any atom is 0.252 e. The first-order valence-corrected chi connectivity index (χ1v) is 10.1. The summed E-state index contributed by atoms with van der Waals surface area (Å²) in [5.74, 6) is 2.28. The van der Waals surface area contributed by atoms with Gasteiger partial charge in [-0.3, -0.25) is 4.79 Å². The zero-order valence-corrected chi connectivity index (χ0v) is 17.3. The number of amides is 1. The topological polar surface area (TPSA) is 72.3 Å². The van der Waals surface area contributed by atoms with Crippen LogP contribution >= 0.6 is 0 Å². The average molecular weight is 386 g/mol. The standard InChI is InChI=1S/C21H31N5O2/c1-15(2)20-22-9-11-25(20)10-5-8-23-21(27)18-6-7-19(24-12-18)26-13-16(3)28-17(4)14-26/h6-7,9,11-12,15-17H,5,8,10,13-14H2,1-4H3,(H,23,27)/t16-,17+. The van der Waals surface area contributed by atoms with Crippen LogP contribution in [0.15, 0.2) is 30.7 Å². The average Bonchev–Trinajstić information content (AvgIpc) is 3.13. The second-order valence-electron chi connectivity index (χ2n) is 7.81. The highest BCUT2D eigenvalue weighted by atomic mass is 16.5. The van der Waals surface area contributed by atoms with Gasteiger partial charge in [0.2, 0.25) is 0 Å². The molecule has 0 aromatic carbocycles. The van der Waals surface area contributed by atoms with Gasteiger partial charge in [-0.2, -0.15) is 0 Å². The van der Waals surface area contributed by atoms with Crippen molar-refractivity contribution in [1.82, 2.24) is 19.9 Å². The van der Waals surface area contributed by atoms with Crippen molar-refractivity contribution in [2.24, 2.45) is 0 Å². The summed E-state index contributed by atoms with van der Waals surface area (Å²) in [4.78, 5) is 23.5. The number of hydrogen-bond acceptors (Lipinski definition) is 5. The molecule has 1 saturated heterocycles. The van der Waals surface area contributed by atoms with E-state index in [1.807, 2.05) is 24.5 Å². The van der Waals surface area contributed by atoms with E-state index in [0.717, 1.165) is 37.7 Å². The summed E-state index contributed by atoms with van der Waals surface area (Å²) in [5, 5.41) is 2.98. The Balaban J connectivity index is 1.47. The van der Waals surface area contributed by atoms with Gasteiger partial charge in [0.1, 0.15) is 11.6 Å². The molecule has 0 radical (unpaired) electrons. The number of imidazole rings is 1. The molecule has 1 fully saturated rings. The third kappa shape index (κ3) is 5.10. The third-order valence-electron chi connectivity index (χ3n) is 4.88. The molecule has 0 spiro atoms. The molecule has 1 N–H and O–H groups in total. The van der Waals surface area contributed by atoms with Crippen LogP contribution in [0.25, 0.3) is 0 Å². The lowest BCUT2D eigenvalue weighted by Gasteiger charge is -2.36. The predicted octanol–water partition coefficient (Wildman–Crippen LogP) is 2.84. The van der Waals surface area contributed by atoms with Crippen LogP contribution in [0.5, 0.6) is 0 Å². The maximum atomic E-state index is 12.4. The molecule has 2 atom stereocenters. The Bertz CT molecular complexity index is 761. The summed E-state index contributed by atoms with van der Waals surface area (Å²) in [6.07, 6.45) is 6.70. The van der Waals surface area contributed by atoms with Crippen molar-refractivity contribution in [3.63, 3.8) is 0 Å². The lowest BCUT2D eigenvalue weighted by Crippen LogP contribution is -2.45. The fourth-order valence-corrected chi connectivity index (χ4v) is 3.64. The Labute approximate surface area is 167 Å². The summed E-state index contributed by atoms with van der Waals surface area (Å²) in [5.41, 5.74) is 0.587. The van der Waals surface area contributed by atoms with E-state index in [1.165, 1.54) is 0 Å². The minimum Gasteiger partial charge on any atom is -0.372 e. The molecular formula is C21H31N5O2. The van der Waals surface area contributed by atoms with Gasteiger partial charge in [0, 0.05) is 50.7 Å². The van der Waals surface area contributed by atoms with Gasteiger partial charge in [-0.1, -0.05) is 13.8 Å². The van der Waals surface area contributed by atoms with Crippen molar-refractivity contribution in [2.75, 3.05) is 24.5 Å². The number of nitrogens with one attached hydrogen (secondary N) is 1. The minimum atomic E-state index is -0.0857. The molecule has 1 amide bonds. The van der Waals surface area contributed by atoms with Crippen molar-refractivity contribution >= 4 is 11.7 Å². The Kier molecular flexibility index (Phi) is 6.67. The number of ether oxygens (including phenoxy) is 1. The van der Waals surface area contributed by atoms with E-state index < -0.39 is 0 Å². The Morgan fingerprint density at radius 3 is 2.64 bits per heavy atom. The minimum absolute atomic E-state index is 0.0857. The molecule has 7 heteroatoms. The molecular weight excluding hydrogens is 354 g/mol. The molecule has 152 valence electrons. The van der Waals surface area contributed by atoms with Crippen molar-refractivity contribution in [3.05, 3.63) is 42.1 Å². The van der Waals surface area contributed by atoms with E-state index in [1.54, 1.807) is 6.20 Å². The maximum absolute atomic E-state index is 12.4. The van der Waals surface area contributed by atoms with Crippen LogP contribution in [0.4, 0.5) is 5.82 Å². The van der Waals surface area contributed by atoms with E-state index in [0.29, 0.717) is 18.0 Å². The number of hydrogen-bond donors (Lipinski definition) is 1. The lowest BCUT2D eigenvalue weighted by atomic mass is 10.2. The van der Waals surface area contributed by atoms with Gasteiger partial charge in [-0.05, 0) is 32.4 Å². The number of carbonyl (C=O) groups excluding carboxylic acids is 1. The van der Waals surface area contributed by atoms with Crippen LogP contribution < -0.4 is 10.2 Å². The van der Waals surface area contributed by atoms with Crippen LogP contribution in [0.3, 0.4) is 0 Å². The molecule has 3 rings (SSSR count). The zero-order valence-electron chi connectivity index (χ0n) is 17.3. The van der Waals surface area contributed by atoms with E-state index in [9.17, 15) is 4.79 Å². The van der Waals surface area contributed by atoms with Crippen LogP contribution in [0.2, 0.25) is 0 Å². The first-order valence-electron chi connectivity index (χ1n) is 10.1. The van der Waals surface area contributed by atoms with Crippen molar-refractivity contribution in [1.29, 1.82) is 0 Å². The molecule has 2 aromatic rings. The number of morpholine rings is 1. The number of carbonyl (C=O) groups is 1. The van der Waals surface area contributed by atoms with Crippen LogP contribution in [0.1, 0.15) is 56.2 Å². The van der Waals surface area contributed by atoms with E-state index in [4.69, 9.17) is 4.74 Å². The second kappa shape index (κ2) is 9.19. The number of nitrogens with zero attached hydrogens (tertiary/aromatic N) is 4. The van der Waals surface area contributed by atoms with Gasteiger partial charge in [-0.25, -0.2) is 9.97 Å². The molecule has 1 aliphatic rings. The van der Waals surface area contributed by atoms with Crippen molar-refractivity contribution < 1.29 is 9.53 Å². The summed E-state index contributed by atoms with van der Waals surface area (Å²) >= 11 is 0. The Hall–Kier alpha value is -2.41. The Morgan fingerprint density at radius 1 is 1.25 bits per heavy atom. The second-order valence-corrected chi connectivity index (χ2v) is 7.81. The van der Waals surface area contributed by atoms with Gasteiger partial charge in [-0.15, -0.1) is 0 Å². The SMILES string of the molecule is CC(C)c1nccn1CCCNC(=O)c1ccc(N2C[C@@H](C)O[C@@H](C)C2)nc1. The molecule has 1 aliphatic heterocycles. The van der Waals surface area contributed by atoms with Gasteiger partial charge < -0.3 is 19.5 Å². The first-order chi connectivity index (χ1) is 13.4. The molecule has 0 unspecified atom stereocenters. The summed E-state index contributed by atoms with van der Waals surface area (Å²) in [6, 6.07) is 3.76. The summed E-state index contributed by atoms with van der Waals surface area (Å²) < 4.78 is 7.91. The van der Waals surface area contributed by atoms with Crippen LogP contribution in [-0.2, 0) is 11.3 Å². The molecule has 0 aliphatic carbocycles. The highest BCUT2D eigenvalue weighted by Crippen LogP contribution is 2.18. The van der Waals surface area contributed by atoms with Gasteiger partial charge >= 0.3 is 0 Å². The molecule has 0 bridgehead atoms. The molecule has 2 aromatic heterocycles. The van der Waals surface area contributed by atoms with Crippen molar-refractivity contribution in [3.8, 4) is 0 Å². The molecule has 7 nitrogen and oxygen atoms in total. The van der Waals surface area contributed by atoms with Crippen LogP contribution in [-0.4, -0.2) is 52.3 Å². The van der Waals surface area contributed by atoms with Gasteiger partial charge in [0.25, 0.3) is 5.91 Å². The number of aromatic nitrogens is 3. The van der Waals surface area contributed by atoms with E-state index in [2.05, 4.69) is 52.4 Å². The summed E-state index contributed by atoms with van der Waals surface area (Å²) in [6.45, 7) is 11.5. The number of pyridine rings is 1. The van der Waals surface area contributed by atoms with E-state index in [-0.39, 0.29) is 18.1 Å². The third-order valence-corrected chi connectivity index (χ3v) is 4.88. The molecule has 0 saturated carbocycles. The normalized spacial score (nSPS) is 19.8. The molecule has 3 heterocycles. The highest BCUT2D eigenvalue weighted by Gasteiger charge is 2.23. The first kappa shape index (κ1) is 20.3. The fraction of sp³-hybridized carbons (Fsp3) is 0.571. The van der Waals surface area contributed by atoms with Gasteiger partial charge in [0.15, 0.2) is 0 Å². The molecule has 28 heavy (non-hydrogen) atoms. The fourth-order valence-electron chi connectivity index (χ4n) is 3.64. The lowest BCUT2D eigenvalue weighted by molar-refractivity contribution is -0.00546. The number of rotatable bonds is 7. The predicted molar refractivity (Wildman–Crippen MR) is 110 cm³/mol. The van der Waals surface area contributed by atoms with Crippen LogP contribution in [0, 0.1) is 0 Å². The summed E-state index contributed by atoms with van der Waals surface area (Å²) in [7, 11) is 0. The van der Waals surface area contributed by atoms with E-state index >= 15 is 0 Å². The van der Waals surface area contributed by atoms with Gasteiger partial charge in [0.05, 0.1) is 17.8 Å². The highest BCUT2D eigenvalue weighted by molar-refractivity contribution is 5.94. The monoisotopic (exact) mass is 385 g/mol. The number of anilines is 1. The number of aryl methyl sites for hydroxylation is 1.